The lowest BCUT2D eigenvalue weighted by atomic mass is 10.2. The molecule has 26 heavy (non-hydrogen) atoms. The van der Waals surface area contributed by atoms with Crippen molar-refractivity contribution in [1.29, 1.82) is 0 Å². The summed E-state index contributed by atoms with van der Waals surface area (Å²) in [6.07, 6.45) is 0.727. The minimum absolute atomic E-state index is 0.324. The van der Waals surface area contributed by atoms with Crippen LogP contribution in [0.1, 0.15) is 6.92 Å². The molecule has 0 saturated carbocycles. The predicted octanol–water partition coefficient (Wildman–Crippen LogP) is 3.42. The molecule has 0 saturated heterocycles. The maximum Gasteiger partial charge on any atom is 0.267 e. The van der Waals surface area contributed by atoms with Gasteiger partial charge in [0.25, 0.3) is 11.8 Å². The highest BCUT2D eigenvalue weighted by atomic mass is 16.5. The summed E-state index contributed by atoms with van der Waals surface area (Å²) in [4.78, 5) is 19.5. The average Bonchev–Trinajstić information content (AvgIpc) is 3.03. The third kappa shape index (κ3) is 2.90. The Balaban J connectivity index is 1.62. The second kappa shape index (κ2) is 6.36. The zero-order valence-corrected chi connectivity index (χ0v) is 13.9. The molecule has 0 spiro atoms. The molecule has 4 aromatic rings. The van der Waals surface area contributed by atoms with E-state index in [1.54, 1.807) is 31.2 Å². The molecule has 0 radical (unpaired) electrons. The van der Waals surface area contributed by atoms with E-state index in [0.29, 0.717) is 28.5 Å². The van der Waals surface area contributed by atoms with Crippen LogP contribution in [0.5, 0.6) is 17.4 Å². The largest absolute Gasteiger partial charge is 0.481 e. The van der Waals surface area contributed by atoms with Crippen LogP contribution in [0.4, 0.5) is 0 Å². The Bertz CT molecular complexity index is 1090. The van der Waals surface area contributed by atoms with Crippen molar-refractivity contribution >= 4 is 28.0 Å². The van der Waals surface area contributed by atoms with E-state index in [1.807, 2.05) is 24.3 Å². The van der Waals surface area contributed by atoms with Crippen LogP contribution in [0.25, 0.3) is 22.1 Å². The number of para-hydroxylation sites is 1. The van der Waals surface area contributed by atoms with E-state index in [9.17, 15) is 4.79 Å². The average molecular weight is 349 g/mol. The first kappa shape index (κ1) is 15.9. The molecule has 2 aromatic heterocycles. The van der Waals surface area contributed by atoms with Gasteiger partial charge >= 0.3 is 0 Å². The Hall–Kier alpha value is -3.61. The number of hydrogen-bond acceptors (Lipinski definition) is 6. The van der Waals surface area contributed by atoms with Gasteiger partial charge in [0.15, 0.2) is 6.10 Å². The van der Waals surface area contributed by atoms with E-state index >= 15 is 0 Å². The summed E-state index contributed by atoms with van der Waals surface area (Å²) in [5, 5.41) is 0.902. The van der Waals surface area contributed by atoms with Crippen molar-refractivity contribution < 1.29 is 18.7 Å². The first-order valence-electron chi connectivity index (χ1n) is 7.98. The smallest absolute Gasteiger partial charge is 0.267 e. The molecule has 4 rings (SSSR count). The molecule has 1 amide bonds. The van der Waals surface area contributed by atoms with Crippen LogP contribution in [-0.2, 0) is 4.79 Å². The highest BCUT2D eigenvalue weighted by Gasteiger charge is 2.15. The number of hydrogen-bond donors (Lipinski definition) is 1. The number of amides is 1. The van der Waals surface area contributed by atoms with Crippen LogP contribution in [0.3, 0.4) is 0 Å². The van der Waals surface area contributed by atoms with Crippen molar-refractivity contribution in [2.75, 3.05) is 0 Å². The van der Waals surface area contributed by atoms with Crippen LogP contribution < -0.4 is 15.2 Å². The van der Waals surface area contributed by atoms with Gasteiger partial charge in [-0.1, -0.05) is 12.1 Å². The van der Waals surface area contributed by atoms with Gasteiger partial charge in [0.05, 0.1) is 0 Å². The highest BCUT2D eigenvalue weighted by molar-refractivity contribution is 6.03. The predicted molar refractivity (Wildman–Crippen MR) is 95.1 cm³/mol. The molecule has 7 nitrogen and oxygen atoms in total. The molecule has 2 N–H and O–H groups in total. The normalized spacial score (nSPS) is 12.2. The van der Waals surface area contributed by atoms with Crippen molar-refractivity contribution in [1.82, 2.24) is 9.97 Å². The van der Waals surface area contributed by atoms with E-state index in [-0.39, 0.29) is 0 Å². The van der Waals surface area contributed by atoms with Gasteiger partial charge in [0.2, 0.25) is 5.58 Å². The molecular weight excluding hydrogens is 334 g/mol. The number of aromatic nitrogens is 2. The molecule has 0 fully saturated rings. The number of benzene rings is 2. The van der Waals surface area contributed by atoms with Gasteiger partial charge in [-0.3, -0.25) is 4.79 Å². The van der Waals surface area contributed by atoms with Gasteiger partial charge in [0, 0.05) is 5.39 Å². The minimum Gasteiger partial charge on any atom is -0.481 e. The van der Waals surface area contributed by atoms with Crippen LogP contribution in [-0.4, -0.2) is 22.0 Å². The molecule has 2 heterocycles. The number of nitrogens with two attached hydrogens (primary N) is 1. The zero-order chi connectivity index (χ0) is 18.1. The Kier molecular flexibility index (Phi) is 3.89. The van der Waals surface area contributed by atoms with Crippen molar-refractivity contribution in [2.24, 2.45) is 5.73 Å². The van der Waals surface area contributed by atoms with E-state index < -0.39 is 12.0 Å². The minimum atomic E-state index is -0.709. The number of primary amides is 1. The molecule has 7 heteroatoms. The Morgan fingerprint density at radius 1 is 1.08 bits per heavy atom. The summed E-state index contributed by atoms with van der Waals surface area (Å²) in [6, 6.07) is 14.4. The lowest BCUT2D eigenvalue weighted by Gasteiger charge is -2.11. The van der Waals surface area contributed by atoms with E-state index in [1.165, 1.54) is 6.33 Å². The highest BCUT2D eigenvalue weighted by Crippen LogP contribution is 2.33. The number of carbonyl (C=O) groups excluding carboxylic acids is 1. The number of fused-ring (bicyclic) bond motifs is 3. The lowest BCUT2D eigenvalue weighted by molar-refractivity contribution is -0.123. The number of furan rings is 1. The number of rotatable bonds is 5. The summed E-state index contributed by atoms with van der Waals surface area (Å²) >= 11 is 0. The van der Waals surface area contributed by atoms with Crippen LogP contribution >= 0.6 is 0 Å². The standard InChI is InChI=1S/C19H15N3O4/c1-11(18(20)23)24-12-6-8-13(9-7-12)25-19-17-16(21-10-22-19)14-4-2-3-5-15(14)26-17/h2-11H,1H3,(H2,20,23). The fraction of sp³-hybridized carbons (Fsp3) is 0.105. The van der Waals surface area contributed by atoms with Crippen LogP contribution in [0.15, 0.2) is 59.3 Å². The molecule has 0 aliphatic rings. The lowest BCUT2D eigenvalue weighted by Crippen LogP contribution is -2.30. The molecular formula is C19H15N3O4. The zero-order valence-electron chi connectivity index (χ0n) is 13.9. The van der Waals surface area contributed by atoms with Crippen molar-refractivity contribution in [2.45, 2.75) is 13.0 Å². The van der Waals surface area contributed by atoms with Crippen molar-refractivity contribution in [3.05, 3.63) is 54.9 Å². The molecule has 130 valence electrons. The SMILES string of the molecule is CC(Oc1ccc(Oc2ncnc3c2oc2ccccc23)cc1)C(N)=O. The van der Waals surface area contributed by atoms with Crippen LogP contribution in [0.2, 0.25) is 0 Å². The van der Waals surface area contributed by atoms with Crippen molar-refractivity contribution in [3.63, 3.8) is 0 Å². The first-order chi connectivity index (χ1) is 12.6. The maximum atomic E-state index is 11.1. The summed E-state index contributed by atoms with van der Waals surface area (Å²) in [6.45, 7) is 1.59. The second-order valence-corrected chi connectivity index (χ2v) is 5.69. The third-order valence-electron chi connectivity index (χ3n) is 3.88. The molecule has 2 aromatic carbocycles. The first-order valence-corrected chi connectivity index (χ1v) is 7.98. The van der Waals surface area contributed by atoms with Gasteiger partial charge < -0.3 is 19.6 Å². The molecule has 0 aliphatic carbocycles. The van der Waals surface area contributed by atoms with Crippen molar-refractivity contribution in [3.8, 4) is 17.4 Å². The quantitative estimate of drug-likeness (QED) is 0.592. The Morgan fingerprint density at radius 2 is 1.81 bits per heavy atom. The second-order valence-electron chi connectivity index (χ2n) is 5.69. The van der Waals surface area contributed by atoms with Gasteiger partial charge in [-0.2, -0.15) is 4.98 Å². The van der Waals surface area contributed by atoms with Gasteiger partial charge in [-0.15, -0.1) is 0 Å². The van der Waals surface area contributed by atoms with E-state index in [4.69, 9.17) is 19.6 Å². The fourth-order valence-electron chi connectivity index (χ4n) is 2.54. The molecule has 0 aliphatic heterocycles. The Labute approximate surface area is 148 Å². The van der Waals surface area contributed by atoms with E-state index in [2.05, 4.69) is 9.97 Å². The topological polar surface area (TPSA) is 100 Å². The number of nitrogens with zero attached hydrogens (tertiary/aromatic N) is 2. The fourth-order valence-corrected chi connectivity index (χ4v) is 2.54. The summed E-state index contributed by atoms with van der Waals surface area (Å²) in [5.41, 5.74) is 7.08. The number of ether oxygens (including phenoxy) is 2. The van der Waals surface area contributed by atoms with Gasteiger partial charge in [0.1, 0.15) is 28.9 Å². The third-order valence-corrected chi connectivity index (χ3v) is 3.88. The van der Waals surface area contributed by atoms with Gasteiger partial charge in [-0.25, -0.2) is 4.98 Å². The number of carbonyl (C=O) groups is 1. The monoisotopic (exact) mass is 349 g/mol. The summed E-state index contributed by atoms with van der Waals surface area (Å²) in [7, 11) is 0. The molecule has 0 bridgehead atoms. The summed E-state index contributed by atoms with van der Waals surface area (Å²) < 4.78 is 17.1. The molecule has 1 unspecified atom stereocenters. The summed E-state index contributed by atoms with van der Waals surface area (Å²) in [5.74, 6) is 0.855. The molecule has 1 atom stereocenters. The van der Waals surface area contributed by atoms with Gasteiger partial charge in [-0.05, 0) is 43.3 Å². The van der Waals surface area contributed by atoms with E-state index in [0.717, 1.165) is 11.0 Å². The maximum absolute atomic E-state index is 11.1. The Morgan fingerprint density at radius 3 is 2.58 bits per heavy atom. The van der Waals surface area contributed by atoms with Crippen LogP contribution in [0, 0.1) is 0 Å².